The molecule has 0 amide bonds. The molecule has 0 radical (unpaired) electrons. The predicted molar refractivity (Wildman–Crippen MR) is 108 cm³/mol. The van der Waals surface area contributed by atoms with Gasteiger partial charge in [-0.15, -0.1) is 8.58 Å². The number of hydrogen-bond donors (Lipinski definition) is 1. The molecular formula is C22H29O2P. The molecule has 0 saturated heterocycles. The average molecular weight is 356 g/mol. The number of aryl methyl sites for hydroxylation is 2. The van der Waals surface area contributed by atoms with Gasteiger partial charge in [0.15, 0.2) is 0 Å². The molecule has 1 N–H and O–H groups in total. The minimum Gasteiger partial charge on any atom is -0.396 e. The summed E-state index contributed by atoms with van der Waals surface area (Å²) in [6.45, 7) is 4.61. The van der Waals surface area contributed by atoms with Gasteiger partial charge in [0.25, 0.3) is 0 Å². The molecule has 0 heterocycles. The van der Waals surface area contributed by atoms with E-state index < -0.39 is 0 Å². The molecule has 2 unspecified atom stereocenters. The summed E-state index contributed by atoms with van der Waals surface area (Å²) in [6, 6.07) is 16.6. The van der Waals surface area contributed by atoms with Crippen LogP contribution in [0.2, 0.25) is 0 Å². The van der Waals surface area contributed by atoms with E-state index in [1.165, 1.54) is 22.3 Å². The Morgan fingerprint density at radius 1 is 0.960 bits per heavy atom. The first-order chi connectivity index (χ1) is 12.2. The number of carbonyl (C=O) groups is 1. The Bertz CT molecular complexity index is 669. The minimum atomic E-state index is 0.172. The molecule has 0 bridgehead atoms. The topological polar surface area (TPSA) is 37.3 Å². The number of carbonyl (C=O) groups excluding carboxylic acids is 1. The molecule has 0 aromatic heterocycles. The highest BCUT2D eigenvalue weighted by atomic mass is 31.1. The summed E-state index contributed by atoms with van der Waals surface area (Å²) < 4.78 is 0. The molecular weight excluding hydrogens is 327 g/mol. The van der Waals surface area contributed by atoms with E-state index >= 15 is 0 Å². The van der Waals surface area contributed by atoms with Crippen LogP contribution in [-0.4, -0.2) is 31.3 Å². The lowest BCUT2D eigenvalue weighted by Gasteiger charge is -2.05. The van der Waals surface area contributed by atoms with Crippen LogP contribution in [0.25, 0.3) is 0 Å². The smallest absolute Gasteiger partial charge is 0.127 e. The average Bonchev–Trinajstić information content (AvgIpc) is 3.26. The van der Waals surface area contributed by atoms with Crippen molar-refractivity contribution in [3.05, 3.63) is 70.8 Å². The molecule has 2 nitrogen and oxygen atoms in total. The van der Waals surface area contributed by atoms with Crippen LogP contribution in [0.5, 0.6) is 0 Å². The van der Waals surface area contributed by atoms with Gasteiger partial charge in [-0.05, 0) is 61.3 Å². The minimum absolute atomic E-state index is 0.172. The maximum Gasteiger partial charge on any atom is 0.127 e. The van der Waals surface area contributed by atoms with E-state index in [1.54, 1.807) is 0 Å². The molecule has 2 aromatic rings. The van der Waals surface area contributed by atoms with E-state index in [0.717, 1.165) is 40.6 Å². The van der Waals surface area contributed by atoms with Gasteiger partial charge in [0.2, 0.25) is 0 Å². The first-order valence-corrected chi connectivity index (χ1v) is 11.0. The zero-order valence-corrected chi connectivity index (χ0v) is 16.2. The Morgan fingerprint density at radius 3 is 2.08 bits per heavy atom. The second-order valence-electron chi connectivity index (χ2n) is 6.60. The summed E-state index contributed by atoms with van der Waals surface area (Å²) in [5.41, 5.74) is 5.37. The number of aliphatic hydroxyl groups is 1. The van der Waals surface area contributed by atoms with Crippen molar-refractivity contribution in [2.75, 3.05) is 19.9 Å². The molecule has 0 saturated carbocycles. The number of rotatable bonds is 2. The monoisotopic (exact) mass is 356 g/mol. The molecule has 0 fully saturated rings. The summed E-state index contributed by atoms with van der Waals surface area (Å²) in [7, 11) is 1.08. The van der Waals surface area contributed by atoms with Crippen LogP contribution in [-0.2, 0) is 17.6 Å². The number of hydrogen-bond acceptors (Lipinski definition) is 2. The molecule has 25 heavy (non-hydrogen) atoms. The van der Waals surface area contributed by atoms with Crippen molar-refractivity contribution in [3.8, 4) is 0 Å². The van der Waals surface area contributed by atoms with Crippen molar-refractivity contribution < 1.29 is 9.90 Å². The van der Waals surface area contributed by atoms with Gasteiger partial charge in [-0.25, -0.2) is 0 Å². The highest BCUT2D eigenvalue weighted by Crippen LogP contribution is 2.32. The van der Waals surface area contributed by atoms with E-state index in [1.807, 2.05) is 18.2 Å². The Morgan fingerprint density at radius 2 is 1.48 bits per heavy atom. The molecule has 4 rings (SSSR count). The number of fused-ring (bicyclic) bond motifs is 2. The van der Waals surface area contributed by atoms with Crippen molar-refractivity contribution in [3.63, 3.8) is 0 Å². The van der Waals surface area contributed by atoms with Crippen molar-refractivity contribution in [2.45, 2.75) is 37.5 Å². The van der Waals surface area contributed by atoms with Gasteiger partial charge in [-0.1, -0.05) is 48.5 Å². The maximum absolute atomic E-state index is 10.6. The lowest BCUT2D eigenvalue weighted by Crippen LogP contribution is -1.97. The van der Waals surface area contributed by atoms with Crippen LogP contribution >= 0.6 is 8.58 Å². The summed E-state index contributed by atoms with van der Waals surface area (Å²) >= 11 is 0. The number of aliphatic hydroxyl groups excluding tert-OH is 1. The Hall–Kier alpha value is -1.50. The molecule has 0 aliphatic heterocycles. The number of aldehydes is 1. The lowest BCUT2D eigenvalue weighted by atomic mass is 10.0. The lowest BCUT2D eigenvalue weighted by molar-refractivity contribution is -0.109. The summed E-state index contributed by atoms with van der Waals surface area (Å²) in [6.07, 6.45) is 5.39. The van der Waals surface area contributed by atoms with Gasteiger partial charge in [0.05, 0.1) is 0 Å². The van der Waals surface area contributed by atoms with Gasteiger partial charge in [-0.3, -0.25) is 0 Å². The molecule has 3 heteroatoms. The largest absolute Gasteiger partial charge is 0.396 e. The van der Waals surface area contributed by atoms with Crippen molar-refractivity contribution in [2.24, 2.45) is 0 Å². The third-order valence-corrected chi connectivity index (χ3v) is 4.82. The van der Waals surface area contributed by atoms with Crippen LogP contribution in [0.1, 0.15) is 46.9 Å². The first kappa shape index (κ1) is 19.8. The van der Waals surface area contributed by atoms with E-state index in [4.69, 9.17) is 5.11 Å². The van der Waals surface area contributed by atoms with Crippen LogP contribution < -0.4 is 0 Å². The van der Waals surface area contributed by atoms with E-state index in [0.29, 0.717) is 12.5 Å². The highest BCUT2D eigenvalue weighted by Gasteiger charge is 2.21. The third-order valence-electron chi connectivity index (χ3n) is 4.82. The Kier molecular flexibility index (Phi) is 8.31. The second kappa shape index (κ2) is 10.5. The first-order valence-electron chi connectivity index (χ1n) is 9.05. The van der Waals surface area contributed by atoms with E-state index in [-0.39, 0.29) is 5.92 Å². The van der Waals surface area contributed by atoms with Crippen LogP contribution in [0.3, 0.4) is 0 Å². The van der Waals surface area contributed by atoms with Crippen molar-refractivity contribution >= 4 is 14.9 Å². The van der Waals surface area contributed by atoms with Gasteiger partial charge < -0.3 is 9.90 Å². The van der Waals surface area contributed by atoms with Gasteiger partial charge in [-0.2, -0.15) is 0 Å². The molecule has 134 valence electrons. The van der Waals surface area contributed by atoms with Gasteiger partial charge in [0.1, 0.15) is 6.29 Å². The van der Waals surface area contributed by atoms with E-state index in [9.17, 15) is 4.79 Å². The summed E-state index contributed by atoms with van der Waals surface area (Å²) in [5.74, 6) is 0.581. The van der Waals surface area contributed by atoms with Crippen LogP contribution in [0.4, 0.5) is 0 Å². The van der Waals surface area contributed by atoms with Crippen LogP contribution in [0.15, 0.2) is 48.5 Å². The molecule has 2 aromatic carbocycles. The third kappa shape index (κ3) is 5.23. The zero-order valence-electron chi connectivity index (χ0n) is 15.2. The molecule has 2 aliphatic carbocycles. The second-order valence-corrected chi connectivity index (χ2v) is 7.60. The summed E-state index contributed by atoms with van der Waals surface area (Å²) in [4.78, 5) is 10.6. The molecule has 0 spiro atoms. The van der Waals surface area contributed by atoms with Crippen molar-refractivity contribution in [1.29, 1.82) is 0 Å². The zero-order chi connectivity index (χ0) is 18.1. The summed E-state index contributed by atoms with van der Waals surface area (Å²) in [5, 5.41) is 9.01. The quantitative estimate of drug-likeness (QED) is 0.633. The Labute approximate surface area is 153 Å². The SMILES string of the molecule is CPC.O=CC1CCc2ccccc21.OCC1CCc2ccccc21. The standard InChI is InChI=1S/C10H12O.C10H10O.C2H7P/c2*11-7-9-6-5-8-3-1-2-4-10(8)9;1-3-2/h1-4,9,11H,5-7H2;1-4,7,9H,5-6H2;3H,1-2H3. The highest BCUT2D eigenvalue weighted by molar-refractivity contribution is 7.35. The molecule has 2 atom stereocenters. The fourth-order valence-electron chi connectivity index (χ4n) is 3.57. The van der Waals surface area contributed by atoms with Gasteiger partial charge in [0, 0.05) is 18.4 Å². The van der Waals surface area contributed by atoms with Crippen molar-refractivity contribution in [1.82, 2.24) is 0 Å². The van der Waals surface area contributed by atoms with Crippen LogP contribution in [0, 0.1) is 0 Å². The molecule has 2 aliphatic rings. The Balaban J connectivity index is 0.000000156. The fourth-order valence-corrected chi connectivity index (χ4v) is 3.57. The van der Waals surface area contributed by atoms with E-state index in [2.05, 4.69) is 43.7 Å². The number of benzene rings is 2. The predicted octanol–water partition coefficient (Wildman–Crippen LogP) is 4.55. The van der Waals surface area contributed by atoms with Gasteiger partial charge >= 0.3 is 0 Å². The normalized spacial score (nSPS) is 19.6. The maximum atomic E-state index is 10.6. The fraction of sp³-hybridized carbons (Fsp3) is 0.409.